The highest BCUT2D eigenvalue weighted by Crippen LogP contribution is 2.26. The van der Waals surface area contributed by atoms with Crippen molar-refractivity contribution < 1.29 is 9.53 Å². The van der Waals surface area contributed by atoms with Gasteiger partial charge in [-0.2, -0.15) is 0 Å². The molecule has 3 aromatic rings. The molecule has 0 radical (unpaired) electrons. The molecular formula is C24H27ClN4O4. The molecule has 8 nitrogen and oxygen atoms in total. The molecule has 0 aliphatic heterocycles. The maximum Gasteiger partial charge on any atom is 0.330 e. The summed E-state index contributed by atoms with van der Waals surface area (Å²) in [6, 6.07) is 15.8. The van der Waals surface area contributed by atoms with Crippen LogP contribution in [0.25, 0.3) is 0 Å². The summed E-state index contributed by atoms with van der Waals surface area (Å²) in [5, 5.41) is 0.541. The number of amides is 1. The van der Waals surface area contributed by atoms with Crippen molar-refractivity contribution in [2.75, 3.05) is 17.2 Å². The van der Waals surface area contributed by atoms with Crippen molar-refractivity contribution in [1.29, 1.82) is 0 Å². The Morgan fingerprint density at radius 2 is 1.76 bits per heavy atom. The number of hydrogen-bond acceptors (Lipinski definition) is 5. The third-order valence-electron chi connectivity index (χ3n) is 5.06. The molecule has 3 rings (SSSR count). The number of nitrogens with two attached hydrogens (primary N) is 1. The van der Waals surface area contributed by atoms with Crippen LogP contribution in [0.2, 0.25) is 5.02 Å². The summed E-state index contributed by atoms with van der Waals surface area (Å²) >= 11 is 5.93. The lowest BCUT2D eigenvalue weighted by Crippen LogP contribution is -2.52. The van der Waals surface area contributed by atoms with Gasteiger partial charge in [-0.05, 0) is 50.1 Å². The molecule has 2 aromatic carbocycles. The number of ether oxygens (including phenoxy) is 1. The van der Waals surface area contributed by atoms with Crippen LogP contribution in [0.3, 0.4) is 0 Å². The topological polar surface area (TPSA) is 110 Å². The zero-order valence-electron chi connectivity index (χ0n) is 18.8. The number of aromatic nitrogens is 2. The van der Waals surface area contributed by atoms with Gasteiger partial charge in [-0.25, -0.2) is 4.79 Å². The largest absolute Gasteiger partial charge is 0.478 e. The summed E-state index contributed by atoms with van der Waals surface area (Å²) in [6.07, 6.45) is 0.555. The highest BCUT2D eigenvalue weighted by molar-refractivity contribution is 6.30. The van der Waals surface area contributed by atoms with Crippen LogP contribution in [0.15, 0.2) is 64.2 Å². The highest BCUT2D eigenvalue weighted by Gasteiger charge is 2.37. The van der Waals surface area contributed by atoms with Crippen LogP contribution >= 0.6 is 11.6 Å². The molecule has 1 amide bonds. The summed E-state index contributed by atoms with van der Waals surface area (Å²) in [4.78, 5) is 42.5. The lowest BCUT2D eigenvalue weighted by atomic mass is 10.1. The summed E-state index contributed by atoms with van der Waals surface area (Å²) in [5.74, 6) is -0.108. The first-order valence-corrected chi connectivity index (χ1v) is 10.9. The fourth-order valence-corrected chi connectivity index (χ4v) is 3.59. The minimum atomic E-state index is -1.33. The van der Waals surface area contributed by atoms with E-state index in [2.05, 4.69) is 4.98 Å². The highest BCUT2D eigenvalue weighted by atomic mass is 35.5. The Hall–Kier alpha value is -3.52. The fraction of sp³-hybridized carbons (Fsp3) is 0.292. The van der Waals surface area contributed by atoms with Crippen molar-refractivity contribution in [3.05, 3.63) is 86.0 Å². The Kier molecular flexibility index (Phi) is 7.28. The second-order valence-corrected chi connectivity index (χ2v) is 8.52. The molecule has 0 spiro atoms. The van der Waals surface area contributed by atoms with Crippen molar-refractivity contribution in [3.63, 3.8) is 0 Å². The van der Waals surface area contributed by atoms with Crippen LogP contribution in [-0.2, 0) is 11.3 Å². The standard InChI is InChI=1S/C24H27ClN4O4/c1-4-14-28(22(31)24(2,3)33-18-12-10-17(25)11-13-18)19-20(26)29(23(32)27-21(19)30)15-16-8-6-5-7-9-16/h5-13H,4,14-15,26H2,1-3H3,(H,27,30,32). The number of aromatic amines is 1. The van der Waals surface area contributed by atoms with Gasteiger partial charge in [0.15, 0.2) is 11.3 Å². The average molecular weight is 471 g/mol. The second kappa shape index (κ2) is 9.95. The molecule has 0 bridgehead atoms. The number of nitrogens with zero attached hydrogens (tertiary/aromatic N) is 2. The first-order chi connectivity index (χ1) is 15.6. The minimum absolute atomic E-state index is 0.0786. The number of hydrogen-bond donors (Lipinski definition) is 2. The van der Waals surface area contributed by atoms with Gasteiger partial charge >= 0.3 is 5.69 Å². The van der Waals surface area contributed by atoms with Crippen molar-refractivity contribution in [2.24, 2.45) is 0 Å². The lowest BCUT2D eigenvalue weighted by Gasteiger charge is -2.32. The number of nitrogen functional groups attached to an aromatic ring is 1. The van der Waals surface area contributed by atoms with Crippen LogP contribution in [0, 0.1) is 0 Å². The Morgan fingerprint density at radius 1 is 1.12 bits per heavy atom. The van der Waals surface area contributed by atoms with Crippen molar-refractivity contribution in [2.45, 2.75) is 39.3 Å². The van der Waals surface area contributed by atoms with Gasteiger partial charge in [0.2, 0.25) is 0 Å². The number of H-pyrrole nitrogens is 1. The normalized spacial score (nSPS) is 11.3. The van der Waals surface area contributed by atoms with Gasteiger partial charge in [0.25, 0.3) is 11.5 Å². The number of halogens is 1. The number of carbonyl (C=O) groups excluding carboxylic acids is 1. The monoisotopic (exact) mass is 470 g/mol. The van der Waals surface area contributed by atoms with Crippen molar-refractivity contribution in [3.8, 4) is 5.75 Å². The Bertz CT molecular complexity index is 1230. The summed E-state index contributed by atoms with van der Waals surface area (Å²) in [7, 11) is 0. The first kappa shape index (κ1) is 24.1. The first-order valence-electron chi connectivity index (χ1n) is 10.6. The summed E-state index contributed by atoms with van der Waals surface area (Å²) in [5.41, 5.74) is 4.34. The van der Waals surface area contributed by atoms with Gasteiger partial charge in [0, 0.05) is 11.6 Å². The molecule has 0 aliphatic carbocycles. The van der Waals surface area contributed by atoms with Crippen LogP contribution in [-0.4, -0.2) is 27.6 Å². The molecule has 33 heavy (non-hydrogen) atoms. The SMILES string of the molecule is CCCN(C(=O)C(C)(C)Oc1ccc(Cl)cc1)c1c(N)n(Cc2ccccc2)c(=O)[nH]c1=O. The molecule has 0 saturated carbocycles. The van der Waals surface area contributed by atoms with E-state index in [-0.39, 0.29) is 24.6 Å². The van der Waals surface area contributed by atoms with E-state index in [1.165, 1.54) is 9.47 Å². The van der Waals surface area contributed by atoms with Gasteiger partial charge in [0.05, 0.1) is 6.54 Å². The molecule has 9 heteroatoms. The zero-order chi connectivity index (χ0) is 24.2. The van der Waals surface area contributed by atoms with Gasteiger partial charge < -0.3 is 15.4 Å². The average Bonchev–Trinajstić information content (AvgIpc) is 2.77. The lowest BCUT2D eigenvalue weighted by molar-refractivity contribution is -0.131. The van der Waals surface area contributed by atoms with Gasteiger partial charge in [-0.1, -0.05) is 48.9 Å². The second-order valence-electron chi connectivity index (χ2n) is 8.09. The van der Waals surface area contributed by atoms with E-state index in [9.17, 15) is 14.4 Å². The van der Waals surface area contributed by atoms with Gasteiger partial charge in [0.1, 0.15) is 11.6 Å². The third kappa shape index (κ3) is 5.46. The maximum atomic E-state index is 13.6. The molecule has 174 valence electrons. The molecule has 0 saturated heterocycles. The third-order valence-corrected chi connectivity index (χ3v) is 5.31. The minimum Gasteiger partial charge on any atom is -0.478 e. The van der Waals surface area contributed by atoms with E-state index in [4.69, 9.17) is 22.1 Å². The van der Waals surface area contributed by atoms with Crippen LogP contribution < -0.4 is 26.6 Å². The maximum absolute atomic E-state index is 13.6. The summed E-state index contributed by atoms with van der Waals surface area (Å²) < 4.78 is 7.17. The Labute approximate surface area is 196 Å². The van der Waals surface area contributed by atoms with E-state index in [0.717, 1.165) is 5.56 Å². The van der Waals surface area contributed by atoms with E-state index in [1.54, 1.807) is 38.1 Å². The molecular weight excluding hydrogens is 444 g/mol. The molecule has 1 heterocycles. The Balaban J connectivity index is 2.02. The number of nitrogens with one attached hydrogen (secondary N) is 1. The predicted molar refractivity (Wildman–Crippen MR) is 130 cm³/mol. The number of benzene rings is 2. The molecule has 1 aromatic heterocycles. The molecule has 0 fully saturated rings. The van der Waals surface area contributed by atoms with Crippen LogP contribution in [0.4, 0.5) is 11.5 Å². The van der Waals surface area contributed by atoms with Crippen LogP contribution in [0.1, 0.15) is 32.8 Å². The number of carbonyl (C=O) groups is 1. The van der Waals surface area contributed by atoms with E-state index < -0.39 is 22.8 Å². The smallest absolute Gasteiger partial charge is 0.330 e. The number of rotatable bonds is 8. The predicted octanol–water partition coefficient (Wildman–Crippen LogP) is 3.42. The molecule has 0 unspecified atom stereocenters. The number of anilines is 2. The quantitative estimate of drug-likeness (QED) is 0.524. The van der Waals surface area contributed by atoms with Gasteiger partial charge in [-0.15, -0.1) is 0 Å². The summed E-state index contributed by atoms with van der Waals surface area (Å²) in [6.45, 7) is 5.45. The Morgan fingerprint density at radius 3 is 2.36 bits per heavy atom. The van der Waals surface area contributed by atoms with E-state index in [0.29, 0.717) is 17.2 Å². The van der Waals surface area contributed by atoms with Crippen LogP contribution in [0.5, 0.6) is 5.75 Å². The van der Waals surface area contributed by atoms with Crippen molar-refractivity contribution >= 4 is 29.0 Å². The molecule has 0 aliphatic rings. The van der Waals surface area contributed by atoms with E-state index >= 15 is 0 Å². The molecule has 3 N–H and O–H groups in total. The fourth-order valence-electron chi connectivity index (χ4n) is 3.47. The molecule has 0 atom stereocenters. The van der Waals surface area contributed by atoms with Gasteiger partial charge in [-0.3, -0.25) is 19.1 Å². The van der Waals surface area contributed by atoms with E-state index in [1.807, 2.05) is 37.3 Å². The van der Waals surface area contributed by atoms with Crippen molar-refractivity contribution in [1.82, 2.24) is 9.55 Å². The zero-order valence-corrected chi connectivity index (χ0v) is 19.6.